The molecule has 1 aliphatic rings. The predicted molar refractivity (Wildman–Crippen MR) is 67.1 cm³/mol. The van der Waals surface area contributed by atoms with E-state index in [0.717, 1.165) is 25.9 Å². The largest absolute Gasteiger partial charge is 0.467 e. The van der Waals surface area contributed by atoms with Crippen LogP contribution in [0.25, 0.3) is 0 Å². The van der Waals surface area contributed by atoms with Crippen LogP contribution < -0.4 is 10.6 Å². The summed E-state index contributed by atoms with van der Waals surface area (Å²) >= 11 is 0. The molecular weight excluding hydrogens is 244 g/mol. The molecule has 1 rings (SSSR count). The molecule has 0 saturated carbocycles. The highest BCUT2D eigenvalue weighted by Crippen LogP contribution is 2.15. The molecule has 100 valence electrons. The Morgan fingerprint density at radius 3 is 2.53 bits per heavy atom. The van der Waals surface area contributed by atoms with Gasteiger partial charge in [-0.2, -0.15) is 0 Å². The average molecular weight is 265 g/mol. The SMILES string of the molecule is COC(=O)C(C)NC(=O)CC1CCNCC1.Cl. The van der Waals surface area contributed by atoms with E-state index >= 15 is 0 Å². The highest BCUT2D eigenvalue weighted by atomic mass is 35.5. The molecule has 0 aromatic rings. The van der Waals surface area contributed by atoms with E-state index in [1.54, 1.807) is 6.92 Å². The monoisotopic (exact) mass is 264 g/mol. The van der Waals surface area contributed by atoms with Gasteiger partial charge in [-0.15, -0.1) is 12.4 Å². The molecule has 0 aromatic heterocycles. The number of halogens is 1. The number of carbonyl (C=O) groups excluding carboxylic acids is 2. The smallest absolute Gasteiger partial charge is 0.328 e. The van der Waals surface area contributed by atoms with E-state index in [9.17, 15) is 9.59 Å². The van der Waals surface area contributed by atoms with Gasteiger partial charge in [-0.1, -0.05) is 0 Å². The lowest BCUT2D eigenvalue weighted by Gasteiger charge is -2.22. The predicted octanol–water partition coefficient (Wildman–Crippen LogP) is 0.476. The van der Waals surface area contributed by atoms with Crippen LogP contribution in [-0.2, 0) is 14.3 Å². The molecule has 0 aliphatic carbocycles. The summed E-state index contributed by atoms with van der Waals surface area (Å²) in [7, 11) is 1.32. The van der Waals surface area contributed by atoms with Gasteiger partial charge >= 0.3 is 5.97 Å². The first-order valence-corrected chi connectivity index (χ1v) is 5.71. The molecule has 1 unspecified atom stereocenters. The summed E-state index contributed by atoms with van der Waals surface area (Å²) in [5.41, 5.74) is 0. The Balaban J connectivity index is 0.00000256. The number of piperidine rings is 1. The number of rotatable bonds is 4. The average Bonchev–Trinajstić information content (AvgIpc) is 2.29. The highest BCUT2D eigenvalue weighted by Gasteiger charge is 2.20. The summed E-state index contributed by atoms with van der Waals surface area (Å²) in [6.45, 7) is 3.58. The Bertz CT molecular complexity index is 255. The summed E-state index contributed by atoms with van der Waals surface area (Å²) in [5.74, 6) is -0.0328. The third-order valence-corrected chi connectivity index (χ3v) is 2.87. The van der Waals surface area contributed by atoms with Crippen molar-refractivity contribution in [3.63, 3.8) is 0 Å². The van der Waals surface area contributed by atoms with Crippen LogP contribution in [0.5, 0.6) is 0 Å². The van der Waals surface area contributed by atoms with Crippen LogP contribution in [0.1, 0.15) is 26.2 Å². The van der Waals surface area contributed by atoms with Gasteiger partial charge in [-0.05, 0) is 38.8 Å². The molecule has 17 heavy (non-hydrogen) atoms. The number of hydrogen-bond donors (Lipinski definition) is 2. The van der Waals surface area contributed by atoms with E-state index in [0.29, 0.717) is 12.3 Å². The fourth-order valence-corrected chi connectivity index (χ4v) is 1.88. The van der Waals surface area contributed by atoms with Gasteiger partial charge in [-0.25, -0.2) is 4.79 Å². The maximum atomic E-state index is 11.6. The zero-order valence-corrected chi connectivity index (χ0v) is 11.1. The Labute approximate surface area is 108 Å². The van der Waals surface area contributed by atoms with Crippen LogP contribution in [0.2, 0.25) is 0 Å². The molecule has 1 aliphatic heterocycles. The fourth-order valence-electron chi connectivity index (χ4n) is 1.88. The normalized spacial score (nSPS) is 17.8. The molecule has 0 spiro atoms. The van der Waals surface area contributed by atoms with Gasteiger partial charge in [-0.3, -0.25) is 4.79 Å². The van der Waals surface area contributed by atoms with Gasteiger partial charge in [0, 0.05) is 6.42 Å². The number of ether oxygens (including phenoxy) is 1. The van der Waals surface area contributed by atoms with E-state index in [1.807, 2.05) is 0 Å². The maximum absolute atomic E-state index is 11.6. The topological polar surface area (TPSA) is 67.4 Å². The van der Waals surface area contributed by atoms with Gasteiger partial charge in [0.25, 0.3) is 0 Å². The highest BCUT2D eigenvalue weighted by molar-refractivity contribution is 5.85. The van der Waals surface area contributed by atoms with Crippen molar-refractivity contribution in [2.45, 2.75) is 32.2 Å². The van der Waals surface area contributed by atoms with Crippen molar-refractivity contribution in [1.29, 1.82) is 0 Å². The Morgan fingerprint density at radius 2 is 2.00 bits per heavy atom. The number of methoxy groups -OCH3 is 1. The van der Waals surface area contributed by atoms with Crippen LogP contribution in [0.4, 0.5) is 0 Å². The van der Waals surface area contributed by atoms with Crippen molar-refractivity contribution in [2.24, 2.45) is 5.92 Å². The van der Waals surface area contributed by atoms with Gasteiger partial charge in [0.15, 0.2) is 0 Å². The summed E-state index contributed by atoms with van der Waals surface area (Å²) < 4.78 is 4.54. The van der Waals surface area contributed by atoms with Gasteiger partial charge in [0.2, 0.25) is 5.91 Å². The molecular formula is C11H21ClN2O3. The van der Waals surface area contributed by atoms with Crippen molar-refractivity contribution in [2.75, 3.05) is 20.2 Å². The molecule has 1 heterocycles. The van der Waals surface area contributed by atoms with Gasteiger partial charge in [0.05, 0.1) is 7.11 Å². The van der Waals surface area contributed by atoms with E-state index < -0.39 is 12.0 Å². The molecule has 1 saturated heterocycles. The third-order valence-electron chi connectivity index (χ3n) is 2.87. The fraction of sp³-hybridized carbons (Fsp3) is 0.818. The summed E-state index contributed by atoms with van der Waals surface area (Å²) in [4.78, 5) is 22.7. The molecule has 0 bridgehead atoms. The minimum absolute atomic E-state index is 0. The van der Waals surface area contributed by atoms with E-state index in [2.05, 4.69) is 15.4 Å². The Kier molecular flexibility index (Phi) is 7.91. The zero-order valence-electron chi connectivity index (χ0n) is 10.3. The lowest BCUT2D eigenvalue weighted by molar-refractivity contribution is -0.144. The second kappa shape index (κ2) is 8.31. The van der Waals surface area contributed by atoms with Crippen LogP contribution in [-0.4, -0.2) is 38.1 Å². The van der Waals surface area contributed by atoms with E-state index in [4.69, 9.17) is 0 Å². The Hall–Kier alpha value is -0.810. The lowest BCUT2D eigenvalue weighted by atomic mass is 9.94. The molecule has 6 heteroatoms. The lowest BCUT2D eigenvalue weighted by Crippen LogP contribution is -2.40. The number of carbonyl (C=O) groups is 2. The van der Waals surface area contributed by atoms with Crippen LogP contribution in [0.3, 0.4) is 0 Å². The third kappa shape index (κ3) is 5.89. The number of hydrogen-bond acceptors (Lipinski definition) is 4. The number of nitrogens with one attached hydrogen (secondary N) is 2. The molecule has 1 fully saturated rings. The second-order valence-corrected chi connectivity index (χ2v) is 4.21. The van der Waals surface area contributed by atoms with Crippen molar-refractivity contribution >= 4 is 24.3 Å². The summed E-state index contributed by atoms with van der Waals surface area (Å²) in [6, 6.07) is -0.556. The van der Waals surface area contributed by atoms with Crippen molar-refractivity contribution < 1.29 is 14.3 Å². The van der Waals surface area contributed by atoms with Crippen molar-refractivity contribution in [3.05, 3.63) is 0 Å². The molecule has 1 amide bonds. The van der Waals surface area contributed by atoms with Crippen molar-refractivity contribution in [3.8, 4) is 0 Å². The second-order valence-electron chi connectivity index (χ2n) is 4.21. The number of amides is 1. The van der Waals surface area contributed by atoms with Crippen LogP contribution >= 0.6 is 12.4 Å². The summed E-state index contributed by atoms with van der Waals surface area (Å²) in [6.07, 6.45) is 2.56. The minimum Gasteiger partial charge on any atom is -0.467 e. The Morgan fingerprint density at radius 1 is 1.41 bits per heavy atom. The van der Waals surface area contributed by atoms with Crippen LogP contribution in [0.15, 0.2) is 0 Å². The first kappa shape index (κ1) is 16.2. The maximum Gasteiger partial charge on any atom is 0.328 e. The standard InChI is InChI=1S/C11H20N2O3.ClH/c1-8(11(15)16-2)13-10(14)7-9-3-5-12-6-4-9;/h8-9,12H,3-7H2,1-2H3,(H,13,14);1H. The van der Waals surface area contributed by atoms with Gasteiger partial charge in [0.1, 0.15) is 6.04 Å². The van der Waals surface area contributed by atoms with E-state index in [1.165, 1.54) is 7.11 Å². The molecule has 0 radical (unpaired) electrons. The first-order valence-electron chi connectivity index (χ1n) is 5.71. The first-order chi connectivity index (χ1) is 7.63. The molecule has 5 nitrogen and oxygen atoms in total. The molecule has 0 aromatic carbocycles. The minimum atomic E-state index is -0.556. The van der Waals surface area contributed by atoms with E-state index in [-0.39, 0.29) is 18.3 Å². The van der Waals surface area contributed by atoms with Crippen LogP contribution in [0, 0.1) is 5.92 Å². The number of esters is 1. The molecule has 2 N–H and O–H groups in total. The summed E-state index contributed by atoms with van der Waals surface area (Å²) in [5, 5.41) is 5.89. The molecule has 1 atom stereocenters. The van der Waals surface area contributed by atoms with Crippen molar-refractivity contribution in [1.82, 2.24) is 10.6 Å². The quantitative estimate of drug-likeness (QED) is 0.725. The van der Waals surface area contributed by atoms with Gasteiger partial charge < -0.3 is 15.4 Å². The zero-order chi connectivity index (χ0) is 12.0.